The van der Waals surface area contributed by atoms with E-state index in [1.807, 2.05) is 0 Å². The van der Waals surface area contributed by atoms with Gasteiger partial charge in [0.05, 0.1) is 0 Å². The summed E-state index contributed by atoms with van der Waals surface area (Å²) in [6.07, 6.45) is 0.384. The number of rotatable bonds is 4. The number of carbonyl (C=O) groups is 1. The molecule has 0 atom stereocenters. The van der Waals surface area contributed by atoms with Gasteiger partial charge in [0.2, 0.25) is 0 Å². The molecule has 0 aromatic rings. The third kappa shape index (κ3) is 3.27. The first kappa shape index (κ1) is 10.3. The van der Waals surface area contributed by atoms with Crippen LogP contribution in [0.5, 0.6) is 0 Å². The summed E-state index contributed by atoms with van der Waals surface area (Å²) in [4.78, 5) is 13.7. The lowest BCUT2D eigenvalue weighted by Gasteiger charge is -2.11. The van der Waals surface area contributed by atoms with Crippen molar-refractivity contribution in [3.63, 3.8) is 0 Å². The molecule has 0 aromatic carbocycles. The molecule has 66 valence electrons. The monoisotopic (exact) mass is 167 g/mol. The molecule has 0 unspecified atom stereocenters. The molecule has 3 nitrogen and oxygen atoms in total. The molecule has 0 spiro atoms. The number of nitrogens with two attached hydrogens (primary N) is 1. The predicted molar refractivity (Wildman–Crippen MR) is 34.8 cm³/mol. The highest BCUT2D eigenvalue weighted by atomic mass is 19.3. The minimum Gasteiger partial charge on any atom is -0.369 e. The normalized spacial score (nSPS) is 11.3. The molecule has 0 aliphatic heterocycles. The Balaban J connectivity index is 3.88. The zero-order valence-corrected chi connectivity index (χ0v) is 6.27. The van der Waals surface area contributed by atoms with Crippen LogP contribution in [-0.2, 0) is 9.63 Å². The Morgan fingerprint density at radius 3 is 2.55 bits per heavy atom. The molecule has 0 rings (SSSR count). The molecule has 0 aromatic heterocycles. The summed E-state index contributed by atoms with van der Waals surface area (Å²) >= 11 is 0. The van der Waals surface area contributed by atoms with E-state index in [0.717, 1.165) is 0 Å². The van der Waals surface area contributed by atoms with Crippen molar-refractivity contribution in [1.29, 1.82) is 0 Å². The average molecular weight is 167 g/mol. The molecular formula is C6H11F2NO2. The topological polar surface area (TPSA) is 52.3 Å². The Morgan fingerprint density at radius 2 is 2.18 bits per heavy atom. The van der Waals surface area contributed by atoms with Crippen molar-refractivity contribution in [2.24, 2.45) is 5.90 Å². The van der Waals surface area contributed by atoms with Crippen LogP contribution in [0.1, 0.15) is 26.2 Å². The summed E-state index contributed by atoms with van der Waals surface area (Å²) in [6.45, 7) is 1.75. The van der Waals surface area contributed by atoms with Gasteiger partial charge in [-0.15, -0.1) is 0 Å². The second kappa shape index (κ2) is 4.23. The zero-order valence-electron chi connectivity index (χ0n) is 6.27. The second-order valence-electron chi connectivity index (χ2n) is 2.21. The predicted octanol–water partition coefficient (Wildman–Crippen LogP) is 1.23. The van der Waals surface area contributed by atoms with E-state index in [2.05, 4.69) is 10.7 Å². The maximum absolute atomic E-state index is 12.5. The highest BCUT2D eigenvalue weighted by Crippen LogP contribution is 2.21. The van der Waals surface area contributed by atoms with Gasteiger partial charge in [-0.3, -0.25) is 0 Å². The van der Waals surface area contributed by atoms with Gasteiger partial charge in [-0.1, -0.05) is 13.3 Å². The highest BCUT2D eigenvalue weighted by molar-refractivity contribution is 5.77. The minimum atomic E-state index is -3.43. The first-order chi connectivity index (χ1) is 5.04. The SMILES string of the molecule is CCCCC(F)(F)C(=O)ON. The van der Waals surface area contributed by atoms with Crippen molar-refractivity contribution >= 4 is 5.97 Å². The molecular weight excluding hydrogens is 156 g/mol. The van der Waals surface area contributed by atoms with Crippen LogP contribution >= 0.6 is 0 Å². The van der Waals surface area contributed by atoms with Gasteiger partial charge in [-0.25, -0.2) is 4.79 Å². The van der Waals surface area contributed by atoms with E-state index in [9.17, 15) is 13.6 Å². The van der Waals surface area contributed by atoms with Crippen LogP contribution in [0, 0.1) is 0 Å². The van der Waals surface area contributed by atoms with Crippen LogP contribution in [0.3, 0.4) is 0 Å². The lowest BCUT2D eigenvalue weighted by Crippen LogP contribution is -2.32. The lowest BCUT2D eigenvalue weighted by atomic mass is 10.1. The smallest absolute Gasteiger partial charge is 0.369 e. The molecule has 5 heteroatoms. The van der Waals surface area contributed by atoms with Crippen LogP contribution in [0.25, 0.3) is 0 Å². The fraction of sp³-hybridized carbons (Fsp3) is 0.833. The Bertz CT molecular complexity index is 139. The minimum absolute atomic E-state index is 0.280. The third-order valence-electron chi connectivity index (χ3n) is 1.25. The number of halogens is 2. The summed E-state index contributed by atoms with van der Waals surface area (Å²) < 4.78 is 24.9. The largest absolute Gasteiger partial charge is 0.395 e. The number of carbonyl (C=O) groups excluding carboxylic acids is 1. The van der Waals surface area contributed by atoms with Gasteiger partial charge in [-0.2, -0.15) is 14.7 Å². The van der Waals surface area contributed by atoms with Gasteiger partial charge in [-0.05, 0) is 6.42 Å². The molecule has 0 fully saturated rings. The van der Waals surface area contributed by atoms with Gasteiger partial charge in [0.25, 0.3) is 0 Å². The van der Waals surface area contributed by atoms with Crippen molar-refractivity contribution in [3.8, 4) is 0 Å². The zero-order chi connectivity index (χ0) is 8.91. The molecule has 0 saturated carbocycles. The third-order valence-corrected chi connectivity index (χ3v) is 1.25. The van der Waals surface area contributed by atoms with Gasteiger partial charge < -0.3 is 4.84 Å². The maximum atomic E-state index is 12.5. The summed E-state index contributed by atoms with van der Waals surface area (Å²) in [5.74, 6) is -0.787. The molecule has 0 aliphatic carbocycles. The van der Waals surface area contributed by atoms with Crippen LogP contribution in [0.4, 0.5) is 8.78 Å². The Hall–Kier alpha value is -0.710. The number of alkyl halides is 2. The summed E-state index contributed by atoms with van der Waals surface area (Å²) in [7, 11) is 0. The Kier molecular flexibility index (Phi) is 3.95. The van der Waals surface area contributed by atoms with E-state index in [1.165, 1.54) is 0 Å². The van der Waals surface area contributed by atoms with Gasteiger partial charge in [0.1, 0.15) is 0 Å². The second-order valence-corrected chi connectivity index (χ2v) is 2.21. The summed E-state index contributed by atoms with van der Waals surface area (Å²) in [5.41, 5.74) is 0. The van der Waals surface area contributed by atoms with Crippen LogP contribution < -0.4 is 5.90 Å². The van der Waals surface area contributed by atoms with E-state index in [1.54, 1.807) is 6.92 Å². The van der Waals surface area contributed by atoms with E-state index in [4.69, 9.17) is 0 Å². The van der Waals surface area contributed by atoms with Crippen LogP contribution in [0.15, 0.2) is 0 Å². The fourth-order valence-electron chi connectivity index (χ4n) is 0.587. The summed E-state index contributed by atoms with van der Waals surface area (Å²) in [6, 6.07) is 0. The quantitative estimate of drug-likeness (QED) is 0.640. The number of unbranched alkanes of at least 4 members (excludes halogenated alkanes) is 1. The molecule has 2 N–H and O–H groups in total. The molecule has 0 heterocycles. The number of hydrogen-bond acceptors (Lipinski definition) is 3. The molecule has 0 saturated heterocycles. The van der Waals surface area contributed by atoms with Crippen molar-refractivity contribution in [2.45, 2.75) is 32.1 Å². The van der Waals surface area contributed by atoms with Gasteiger partial charge >= 0.3 is 11.9 Å². The first-order valence-corrected chi connectivity index (χ1v) is 3.33. The van der Waals surface area contributed by atoms with Crippen molar-refractivity contribution < 1.29 is 18.4 Å². The molecule has 0 amide bonds. The maximum Gasteiger partial charge on any atom is 0.395 e. The van der Waals surface area contributed by atoms with Gasteiger partial charge in [0.15, 0.2) is 0 Å². The first-order valence-electron chi connectivity index (χ1n) is 3.33. The van der Waals surface area contributed by atoms with Crippen LogP contribution in [0.2, 0.25) is 0 Å². The summed E-state index contributed by atoms with van der Waals surface area (Å²) in [5, 5.41) is 0. The standard InChI is InChI=1S/C6H11F2NO2/c1-2-3-4-6(7,8)5(10)11-9/h2-4,9H2,1H3. The highest BCUT2D eigenvalue weighted by Gasteiger charge is 2.39. The van der Waals surface area contributed by atoms with Crippen molar-refractivity contribution in [2.75, 3.05) is 0 Å². The Labute approximate surface area is 63.5 Å². The molecule has 11 heavy (non-hydrogen) atoms. The van der Waals surface area contributed by atoms with E-state index < -0.39 is 18.3 Å². The number of hydrogen-bond donors (Lipinski definition) is 1. The van der Waals surface area contributed by atoms with Crippen molar-refractivity contribution in [1.82, 2.24) is 0 Å². The van der Waals surface area contributed by atoms with Crippen molar-refractivity contribution in [3.05, 3.63) is 0 Å². The lowest BCUT2D eigenvalue weighted by molar-refractivity contribution is -0.173. The molecule has 0 aliphatic rings. The fourth-order valence-corrected chi connectivity index (χ4v) is 0.587. The van der Waals surface area contributed by atoms with E-state index in [0.29, 0.717) is 6.42 Å². The Morgan fingerprint density at radius 1 is 1.64 bits per heavy atom. The van der Waals surface area contributed by atoms with E-state index in [-0.39, 0.29) is 6.42 Å². The molecule has 0 radical (unpaired) electrons. The molecule has 0 bridgehead atoms. The average Bonchev–Trinajstić information content (AvgIpc) is 1.99. The van der Waals surface area contributed by atoms with E-state index >= 15 is 0 Å². The van der Waals surface area contributed by atoms with Gasteiger partial charge in [0, 0.05) is 6.42 Å². The van der Waals surface area contributed by atoms with Crippen LogP contribution in [-0.4, -0.2) is 11.9 Å².